The van der Waals surface area contributed by atoms with Crippen LogP contribution in [0.25, 0.3) is 22.4 Å². The Morgan fingerprint density at radius 1 is 0.968 bits per heavy atom. The number of methoxy groups -OCH3 is 1. The van der Waals surface area contributed by atoms with E-state index in [1.807, 2.05) is 48.8 Å². The van der Waals surface area contributed by atoms with Gasteiger partial charge >= 0.3 is 0 Å². The fourth-order valence-corrected chi connectivity index (χ4v) is 4.94. The maximum absolute atomic E-state index is 6.52. The molecule has 0 atom stereocenters. The minimum Gasteiger partial charge on any atom is -0.496 e. The number of H-pyrrole nitrogens is 1. The summed E-state index contributed by atoms with van der Waals surface area (Å²) >= 11 is 1.69. The first-order valence-corrected chi connectivity index (χ1v) is 11.5. The first-order valence-electron chi connectivity index (χ1n) is 10.7. The van der Waals surface area contributed by atoms with Crippen molar-refractivity contribution in [3.05, 3.63) is 60.9 Å². The van der Waals surface area contributed by atoms with Gasteiger partial charge in [0.25, 0.3) is 0 Å². The molecule has 1 saturated carbocycles. The van der Waals surface area contributed by atoms with Gasteiger partial charge in [0.15, 0.2) is 0 Å². The summed E-state index contributed by atoms with van der Waals surface area (Å²) in [6.45, 7) is 0. The van der Waals surface area contributed by atoms with Crippen molar-refractivity contribution in [3.63, 3.8) is 0 Å². The average molecular weight is 432 g/mol. The van der Waals surface area contributed by atoms with Crippen molar-refractivity contribution >= 4 is 22.8 Å². The molecule has 2 aromatic heterocycles. The first kappa shape index (κ1) is 19.9. The van der Waals surface area contributed by atoms with Gasteiger partial charge in [-0.1, -0.05) is 30.3 Å². The molecule has 0 saturated heterocycles. The number of nitrogens with one attached hydrogen (secondary N) is 1. The Hall–Kier alpha value is -2.99. The van der Waals surface area contributed by atoms with Crippen LogP contribution < -0.4 is 9.47 Å². The summed E-state index contributed by atoms with van der Waals surface area (Å²) in [5, 5.41) is 0. The van der Waals surface area contributed by atoms with E-state index in [0.717, 1.165) is 56.6 Å². The van der Waals surface area contributed by atoms with E-state index in [2.05, 4.69) is 22.1 Å². The summed E-state index contributed by atoms with van der Waals surface area (Å²) in [5.41, 5.74) is 2.82. The molecule has 31 heavy (non-hydrogen) atoms. The summed E-state index contributed by atoms with van der Waals surface area (Å²) in [7, 11) is 1.68. The highest BCUT2D eigenvalue weighted by molar-refractivity contribution is 7.99. The highest BCUT2D eigenvalue weighted by atomic mass is 32.2. The SMILES string of the molecule is COc1ccccc1-c1nc2cc(Sc3ccncc3)c(OC3CCCCC3)cc2[nH]1. The molecule has 5 rings (SSSR count). The highest BCUT2D eigenvalue weighted by Crippen LogP contribution is 2.40. The summed E-state index contributed by atoms with van der Waals surface area (Å²) < 4.78 is 12.0. The lowest BCUT2D eigenvalue weighted by Crippen LogP contribution is -2.19. The predicted molar refractivity (Wildman–Crippen MR) is 124 cm³/mol. The van der Waals surface area contributed by atoms with Crippen molar-refractivity contribution in [2.45, 2.75) is 48.0 Å². The number of hydrogen-bond donors (Lipinski definition) is 1. The van der Waals surface area contributed by atoms with Gasteiger partial charge in [-0.2, -0.15) is 0 Å². The minimum atomic E-state index is 0.277. The van der Waals surface area contributed by atoms with Gasteiger partial charge in [0.05, 0.1) is 34.7 Å². The van der Waals surface area contributed by atoms with Crippen molar-refractivity contribution in [1.82, 2.24) is 15.0 Å². The van der Waals surface area contributed by atoms with Crippen LogP contribution in [0.5, 0.6) is 11.5 Å². The molecular weight excluding hydrogens is 406 g/mol. The Labute approximate surface area is 186 Å². The number of pyridine rings is 1. The smallest absolute Gasteiger partial charge is 0.142 e. The second-order valence-corrected chi connectivity index (χ2v) is 8.88. The molecule has 1 N–H and O–H groups in total. The number of ether oxygens (including phenoxy) is 2. The molecule has 6 heteroatoms. The molecule has 0 spiro atoms. The third-order valence-corrected chi connectivity index (χ3v) is 6.68. The lowest BCUT2D eigenvalue weighted by Gasteiger charge is -2.24. The average Bonchev–Trinajstić information content (AvgIpc) is 3.23. The third kappa shape index (κ3) is 4.39. The zero-order chi connectivity index (χ0) is 21.0. The van der Waals surface area contributed by atoms with Crippen LogP contribution in [-0.2, 0) is 0 Å². The number of rotatable bonds is 6. The normalized spacial score (nSPS) is 14.6. The van der Waals surface area contributed by atoms with Gasteiger partial charge in [-0.05, 0) is 56.0 Å². The molecule has 4 aromatic rings. The molecule has 158 valence electrons. The highest BCUT2D eigenvalue weighted by Gasteiger charge is 2.19. The van der Waals surface area contributed by atoms with Crippen molar-refractivity contribution in [3.8, 4) is 22.9 Å². The van der Waals surface area contributed by atoms with Gasteiger partial charge in [0, 0.05) is 23.4 Å². The van der Waals surface area contributed by atoms with E-state index in [-0.39, 0.29) is 6.10 Å². The van der Waals surface area contributed by atoms with Gasteiger partial charge < -0.3 is 14.5 Å². The monoisotopic (exact) mass is 431 g/mol. The number of nitrogens with zero attached hydrogens (tertiary/aromatic N) is 2. The van der Waals surface area contributed by atoms with E-state index >= 15 is 0 Å². The Morgan fingerprint density at radius 3 is 2.58 bits per heavy atom. The third-order valence-electron chi connectivity index (χ3n) is 5.63. The van der Waals surface area contributed by atoms with E-state index in [1.54, 1.807) is 18.9 Å². The fourth-order valence-electron chi connectivity index (χ4n) is 4.05. The number of imidazole rings is 1. The largest absolute Gasteiger partial charge is 0.496 e. The van der Waals surface area contributed by atoms with Crippen LogP contribution in [0.3, 0.4) is 0 Å². The van der Waals surface area contributed by atoms with Crippen LogP contribution >= 0.6 is 11.8 Å². The van der Waals surface area contributed by atoms with Crippen molar-refractivity contribution < 1.29 is 9.47 Å². The summed E-state index contributed by atoms with van der Waals surface area (Å²) in [4.78, 5) is 14.7. The zero-order valence-corrected chi connectivity index (χ0v) is 18.3. The number of hydrogen-bond acceptors (Lipinski definition) is 5. The molecule has 2 heterocycles. The second-order valence-electron chi connectivity index (χ2n) is 7.76. The summed E-state index contributed by atoms with van der Waals surface area (Å²) in [6, 6.07) is 16.2. The number of fused-ring (bicyclic) bond motifs is 1. The fraction of sp³-hybridized carbons (Fsp3) is 0.280. The molecule has 1 fully saturated rings. The minimum absolute atomic E-state index is 0.277. The summed E-state index contributed by atoms with van der Waals surface area (Å²) in [5.74, 6) is 2.50. The Bertz CT molecular complexity index is 1170. The number of aromatic amines is 1. The lowest BCUT2D eigenvalue weighted by atomic mass is 9.98. The van der Waals surface area contributed by atoms with Crippen LogP contribution in [-0.4, -0.2) is 28.2 Å². The molecule has 0 bridgehead atoms. The topological polar surface area (TPSA) is 60.0 Å². The van der Waals surface area contributed by atoms with Crippen molar-refractivity contribution in [2.24, 2.45) is 0 Å². The molecule has 2 aromatic carbocycles. The van der Waals surface area contributed by atoms with Crippen molar-refractivity contribution in [2.75, 3.05) is 7.11 Å². The first-order chi connectivity index (χ1) is 15.3. The molecule has 0 unspecified atom stereocenters. The van der Waals surface area contributed by atoms with E-state index in [9.17, 15) is 0 Å². The molecule has 1 aliphatic carbocycles. The van der Waals surface area contributed by atoms with E-state index < -0.39 is 0 Å². The molecule has 5 nitrogen and oxygen atoms in total. The molecule has 0 radical (unpaired) electrons. The van der Waals surface area contributed by atoms with Crippen LogP contribution in [0, 0.1) is 0 Å². The number of aromatic nitrogens is 3. The molecular formula is C25H25N3O2S. The van der Waals surface area contributed by atoms with Gasteiger partial charge in [-0.25, -0.2) is 4.98 Å². The quantitative estimate of drug-likeness (QED) is 0.378. The zero-order valence-electron chi connectivity index (χ0n) is 17.5. The van der Waals surface area contributed by atoms with Crippen molar-refractivity contribution in [1.29, 1.82) is 0 Å². The maximum atomic E-state index is 6.52. The maximum Gasteiger partial charge on any atom is 0.142 e. The molecule has 0 aliphatic heterocycles. The lowest BCUT2D eigenvalue weighted by molar-refractivity contribution is 0.151. The van der Waals surface area contributed by atoms with Crippen LogP contribution in [0.2, 0.25) is 0 Å². The summed E-state index contributed by atoms with van der Waals surface area (Å²) in [6.07, 6.45) is 9.93. The van der Waals surface area contributed by atoms with Gasteiger partial charge in [-0.3, -0.25) is 4.98 Å². The predicted octanol–water partition coefficient (Wildman–Crippen LogP) is 6.50. The second kappa shape index (κ2) is 9.02. The van der Waals surface area contributed by atoms with E-state index in [4.69, 9.17) is 14.5 Å². The Balaban J connectivity index is 1.55. The number of benzene rings is 2. The Morgan fingerprint density at radius 2 is 1.77 bits per heavy atom. The standard InChI is InChI=1S/C25H25N3O2S/c1-29-22-10-6-5-9-19(22)25-27-20-15-23(30-17-7-3-2-4-8-17)24(16-21(20)28-25)31-18-11-13-26-14-12-18/h5-6,9-17H,2-4,7-8H2,1H3,(H,27,28). The van der Waals surface area contributed by atoms with E-state index in [1.165, 1.54) is 19.3 Å². The van der Waals surface area contributed by atoms with Crippen LogP contribution in [0.4, 0.5) is 0 Å². The van der Waals surface area contributed by atoms with Crippen LogP contribution in [0.1, 0.15) is 32.1 Å². The van der Waals surface area contributed by atoms with Gasteiger partial charge in [-0.15, -0.1) is 0 Å². The number of para-hydroxylation sites is 1. The van der Waals surface area contributed by atoms with Gasteiger partial charge in [0.1, 0.15) is 17.3 Å². The van der Waals surface area contributed by atoms with E-state index in [0.29, 0.717) is 0 Å². The van der Waals surface area contributed by atoms with Gasteiger partial charge in [0.2, 0.25) is 0 Å². The molecule has 0 amide bonds. The Kier molecular flexibility index (Phi) is 5.80. The molecule has 1 aliphatic rings. The van der Waals surface area contributed by atoms with Crippen LogP contribution in [0.15, 0.2) is 70.7 Å².